The van der Waals surface area contributed by atoms with Crippen LogP contribution in [0.25, 0.3) is 0 Å². The van der Waals surface area contributed by atoms with E-state index in [4.69, 9.17) is 0 Å². The summed E-state index contributed by atoms with van der Waals surface area (Å²) >= 11 is 0. The maximum Gasteiger partial charge on any atom is 0.304 e. The highest BCUT2D eigenvalue weighted by atomic mass is 19.1. The van der Waals surface area contributed by atoms with E-state index in [-0.39, 0.29) is 11.5 Å². The fraction of sp³-hybridized carbons (Fsp3) is 0.160. The SMILES string of the molecule is Cc1ccc(/C=[N+]2\NC(=O)[C@H](NC(=O)c3ccc(F)cc3)[C@H]2c2ccc(C)cc2)cc1. The van der Waals surface area contributed by atoms with Gasteiger partial charge in [-0.1, -0.05) is 47.5 Å². The van der Waals surface area contributed by atoms with Crippen molar-refractivity contribution >= 4 is 18.0 Å². The molecule has 0 aromatic heterocycles. The molecular formula is C25H23FN3O2+. The number of benzene rings is 3. The zero-order valence-electron chi connectivity index (χ0n) is 17.3. The van der Waals surface area contributed by atoms with Crippen molar-refractivity contribution < 1.29 is 18.7 Å². The lowest BCUT2D eigenvalue weighted by molar-refractivity contribution is -0.596. The summed E-state index contributed by atoms with van der Waals surface area (Å²) in [5.74, 6) is -1.18. The van der Waals surface area contributed by atoms with Gasteiger partial charge in [-0.25, -0.2) is 4.39 Å². The van der Waals surface area contributed by atoms with Gasteiger partial charge >= 0.3 is 5.91 Å². The Hall–Kier alpha value is -3.80. The number of aryl methyl sites for hydroxylation is 2. The number of carbonyl (C=O) groups is 2. The van der Waals surface area contributed by atoms with E-state index < -0.39 is 23.8 Å². The smallest absolute Gasteiger partial charge is 0.304 e. The molecule has 3 aromatic carbocycles. The monoisotopic (exact) mass is 416 g/mol. The molecule has 0 unspecified atom stereocenters. The van der Waals surface area contributed by atoms with E-state index in [1.54, 1.807) is 4.68 Å². The highest BCUT2D eigenvalue weighted by Gasteiger charge is 2.47. The summed E-state index contributed by atoms with van der Waals surface area (Å²) < 4.78 is 14.9. The van der Waals surface area contributed by atoms with Crippen LogP contribution < -0.4 is 10.7 Å². The van der Waals surface area contributed by atoms with Gasteiger partial charge in [0.2, 0.25) is 12.3 Å². The molecule has 31 heavy (non-hydrogen) atoms. The van der Waals surface area contributed by atoms with Crippen LogP contribution in [-0.4, -0.2) is 28.8 Å². The normalized spacial score (nSPS) is 19.3. The lowest BCUT2D eigenvalue weighted by Gasteiger charge is -2.15. The van der Waals surface area contributed by atoms with Crippen molar-refractivity contribution in [2.24, 2.45) is 0 Å². The Morgan fingerprint density at radius 3 is 2.13 bits per heavy atom. The molecule has 0 aliphatic carbocycles. The van der Waals surface area contributed by atoms with E-state index in [1.807, 2.05) is 68.6 Å². The highest BCUT2D eigenvalue weighted by molar-refractivity contribution is 5.98. The number of amides is 2. The van der Waals surface area contributed by atoms with Crippen LogP contribution >= 0.6 is 0 Å². The molecule has 1 aliphatic rings. The molecule has 0 bridgehead atoms. The molecule has 1 heterocycles. The molecule has 6 heteroatoms. The van der Waals surface area contributed by atoms with Crippen LogP contribution in [0.2, 0.25) is 0 Å². The van der Waals surface area contributed by atoms with E-state index in [2.05, 4.69) is 10.7 Å². The highest BCUT2D eigenvalue weighted by Crippen LogP contribution is 2.26. The molecule has 2 amide bonds. The maximum atomic E-state index is 13.2. The van der Waals surface area contributed by atoms with Gasteiger partial charge in [0.25, 0.3) is 5.91 Å². The zero-order chi connectivity index (χ0) is 22.0. The summed E-state index contributed by atoms with van der Waals surface area (Å²) in [4.78, 5) is 25.6. The predicted octanol–water partition coefficient (Wildman–Crippen LogP) is 3.46. The Morgan fingerprint density at radius 1 is 0.935 bits per heavy atom. The van der Waals surface area contributed by atoms with Gasteiger partial charge in [0.1, 0.15) is 5.82 Å². The van der Waals surface area contributed by atoms with Crippen molar-refractivity contribution in [1.29, 1.82) is 0 Å². The van der Waals surface area contributed by atoms with Crippen LogP contribution in [0.5, 0.6) is 0 Å². The van der Waals surface area contributed by atoms with Crippen molar-refractivity contribution in [1.82, 2.24) is 10.7 Å². The summed E-state index contributed by atoms with van der Waals surface area (Å²) in [6, 6.07) is 19.8. The number of nitrogens with one attached hydrogen (secondary N) is 2. The number of hydrogen-bond acceptors (Lipinski definition) is 2. The van der Waals surface area contributed by atoms with E-state index in [9.17, 15) is 14.0 Å². The molecule has 2 atom stereocenters. The Balaban J connectivity index is 1.69. The molecule has 4 rings (SSSR count). The van der Waals surface area contributed by atoms with Gasteiger partial charge in [-0.2, -0.15) is 0 Å². The third kappa shape index (κ3) is 4.53. The molecule has 1 aliphatic heterocycles. The Kier molecular flexibility index (Phi) is 5.62. The first-order valence-electron chi connectivity index (χ1n) is 10.0. The summed E-state index contributed by atoms with van der Waals surface area (Å²) in [5.41, 5.74) is 7.20. The van der Waals surface area contributed by atoms with Crippen molar-refractivity contribution in [3.63, 3.8) is 0 Å². The number of halogens is 1. The third-order valence-electron chi connectivity index (χ3n) is 5.31. The minimum absolute atomic E-state index is 0.290. The summed E-state index contributed by atoms with van der Waals surface area (Å²) in [6.45, 7) is 4.00. The largest absolute Gasteiger partial charge is 0.334 e. The fourth-order valence-electron chi connectivity index (χ4n) is 3.58. The summed E-state index contributed by atoms with van der Waals surface area (Å²) in [7, 11) is 0. The Bertz CT molecular complexity index is 1140. The Labute approximate surface area is 180 Å². The van der Waals surface area contributed by atoms with Gasteiger partial charge in [0.15, 0.2) is 6.04 Å². The van der Waals surface area contributed by atoms with Crippen molar-refractivity contribution in [2.45, 2.75) is 25.9 Å². The van der Waals surface area contributed by atoms with Gasteiger partial charge in [0, 0.05) is 16.7 Å². The van der Waals surface area contributed by atoms with Crippen LogP contribution in [-0.2, 0) is 4.79 Å². The molecule has 2 N–H and O–H groups in total. The Morgan fingerprint density at radius 2 is 1.52 bits per heavy atom. The van der Waals surface area contributed by atoms with Crippen molar-refractivity contribution in [3.05, 3.63) is 106 Å². The van der Waals surface area contributed by atoms with Crippen LogP contribution in [0, 0.1) is 19.7 Å². The minimum atomic E-state index is -0.818. The van der Waals surface area contributed by atoms with E-state index in [1.165, 1.54) is 24.3 Å². The second-order valence-electron chi connectivity index (χ2n) is 7.74. The van der Waals surface area contributed by atoms with Gasteiger partial charge in [-0.15, -0.1) is 10.1 Å². The number of carbonyl (C=O) groups excluding carboxylic acids is 2. The van der Waals surface area contributed by atoms with Gasteiger partial charge in [0.05, 0.1) is 0 Å². The first-order chi connectivity index (χ1) is 14.9. The molecule has 0 radical (unpaired) electrons. The maximum absolute atomic E-state index is 13.2. The topological polar surface area (TPSA) is 61.2 Å². The average Bonchev–Trinajstić information content (AvgIpc) is 3.05. The van der Waals surface area contributed by atoms with E-state index >= 15 is 0 Å². The number of hydrazone groups is 1. The molecule has 0 saturated carbocycles. The number of hydrazine groups is 1. The van der Waals surface area contributed by atoms with Crippen molar-refractivity contribution in [2.75, 3.05) is 0 Å². The summed E-state index contributed by atoms with van der Waals surface area (Å²) in [5, 5.41) is 2.82. The van der Waals surface area contributed by atoms with E-state index in [0.29, 0.717) is 0 Å². The molecule has 1 fully saturated rings. The second kappa shape index (κ2) is 8.52. The lowest BCUT2D eigenvalue weighted by Crippen LogP contribution is -2.42. The standard InChI is InChI=1S/C25H22FN3O2/c1-16-3-7-18(8-4-16)15-29-23(19-9-5-17(2)6-10-19)22(25(31)28-29)27-24(30)20-11-13-21(26)14-12-20/h3-15,22-23H,1-2H3,(H-,27,28,30,31)/p+1/b29-15-/t22-,23-/m1/s1. The molecule has 0 spiro atoms. The quantitative estimate of drug-likeness (QED) is 0.640. The molecule has 3 aromatic rings. The lowest BCUT2D eigenvalue weighted by atomic mass is 9.98. The van der Waals surface area contributed by atoms with Crippen LogP contribution in [0.1, 0.15) is 38.7 Å². The van der Waals surface area contributed by atoms with Crippen LogP contribution in [0.3, 0.4) is 0 Å². The number of rotatable bonds is 4. The minimum Gasteiger partial charge on any atom is -0.334 e. The van der Waals surface area contributed by atoms with Gasteiger partial charge in [-0.3, -0.25) is 9.59 Å². The van der Waals surface area contributed by atoms with Crippen LogP contribution in [0.15, 0.2) is 72.8 Å². The van der Waals surface area contributed by atoms with E-state index in [0.717, 1.165) is 22.3 Å². The van der Waals surface area contributed by atoms with Gasteiger partial charge in [-0.05, 0) is 50.2 Å². The van der Waals surface area contributed by atoms with Crippen molar-refractivity contribution in [3.8, 4) is 0 Å². The predicted molar refractivity (Wildman–Crippen MR) is 116 cm³/mol. The fourth-order valence-corrected chi connectivity index (χ4v) is 3.58. The molecule has 1 saturated heterocycles. The van der Waals surface area contributed by atoms with Gasteiger partial charge < -0.3 is 5.32 Å². The third-order valence-corrected chi connectivity index (χ3v) is 5.31. The second-order valence-corrected chi connectivity index (χ2v) is 7.74. The first-order valence-corrected chi connectivity index (χ1v) is 10.0. The molecule has 156 valence electrons. The zero-order valence-corrected chi connectivity index (χ0v) is 17.3. The summed E-state index contributed by atoms with van der Waals surface area (Å²) in [6.07, 6.45) is 1.85. The molecular weight excluding hydrogens is 393 g/mol. The number of hydrogen-bond donors (Lipinski definition) is 2. The molecule has 5 nitrogen and oxygen atoms in total. The first kappa shape index (κ1) is 20.5. The average molecular weight is 416 g/mol. The van der Waals surface area contributed by atoms with Crippen LogP contribution in [0.4, 0.5) is 4.39 Å². The number of nitrogens with zero attached hydrogens (tertiary/aromatic N) is 1.